The molecular weight excluding hydrogens is 250 g/mol. The summed E-state index contributed by atoms with van der Waals surface area (Å²) in [5, 5.41) is 0. The number of nitrogens with zero attached hydrogens (tertiary/aromatic N) is 2. The van der Waals surface area contributed by atoms with Gasteiger partial charge in [-0.2, -0.15) is 0 Å². The number of carbonyl (C=O) groups excluding carboxylic acids is 1. The van der Waals surface area contributed by atoms with Gasteiger partial charge in [-0.3, -0.25) is 4.79 Å². The highest BCUT2D eigenvalue weighted by molar-refractivity contribution is 5.89. The van der Waals surface area contributed by atoms with Gasteiger partial charge in [0, 0.05) is 25.7 Å². The first-order valence-electron chi connectivity index (χ1n) is 8.41. The summed E-state index contributed by atoms with van der Waals surface area (Å²) in [7, 11) is 0. The Morgan fingerprint density at radius 1 is 1.20 bits per heavy atom. The third-order valence-electron chi connectivity index (χ3n) is 5.45. The van der Waals surface area contributed by atoms with Crippen molar-refractivity contribution >= 4 is 5.91 Å². The van der Waals surface area contributed by atoms with Crippen molar-refractivity contribution in [3.8, 4) is 0 Å². The van der Waals surface area contributed by atoms with Crippen molar-refractivity contribution in [2.75, 3.05) is 26.2 Å². The molecule has 2 saturated heterocycles. The van der Waals surface area contributed by atoms with E-state index < -0.39 is 5.54 Å². The molecule has 1 saturated carbocycles. The van der Waals surface area contributed by atoms with E-state index in [2.05, 4.69) is 16.7 Å². The van der Waals surface area contributed by atoms with E-state index >= 15 is 0 Å². The molecule has 0 spiro atoms. The van der Waals surface area contributed by atoms with Crippen molar-refractivity contribution in [2.24, 2.45) is 11.7 Å². The van der Waals surface area contributed by atoms with Gasteiger partial charge in [-0.1, -0.05) is 6.42 Å². The molecule has 2 atom stereocenters. The Bertz CT molecular complexity index is 367. The van der Waals surface area contributed by atoms with E-state index in [4.69, 9.17) is 5.73 Å². The van der Waals surface area contributed by atoms with Crippen molar-refractivity contribution in [1.82, 2.24) is 9.80 Å². The van der Waals surface area contributed by atoms with Gasteiger partial charge in [0.25, 0.3) is 0 Å². The van der Waals surface area contributed by atoms with Crippen LogP contribution >= 0.6 is 0 Å². The van der Waals surface area contributed by atoms with Crippen molar-refractivity contribution in [3.05, 3.63) is 0 Å². The fraction of sp³-hybridized carbons (Fsp3) is 0.938. The Morgan fingerprint density at radius 2 is 2.00 bits per heavy atom. The Labute approximate surface area is 122 Å². The Balaban J connectivity index is 1.53. The summed E-state index contributed by atoms with van der Waals surface area (Å²) in [5.74, 6) is 0.865. The van der Waals surface area contributed by atoms with Gasteiger partial charge in [0.05, 0.1) is 5.54 Å². The molecule has 1 aliphatic carbocycles. The molecule has 4 nitrogen and oxygen atoms in total. The highest BCUT2D eigenvalue weighted by Gasteiger charge is 2.48. The number of rotatable bonds is 3. The van der Waals surface area contributed by atoms with Gasteiger partial charge >= 0.3 is 0 Å². The van der Waals surface area contributed by atoms with Crippen LogP contribution < -0.4 is 5.73 Å². The van der Waals surface area contributed by atoms with Gasteiger partial charge in [0.15, 0.2) is 0 Å². The van der Waals surface area contributed by atoms with Gasteiger partial charge in [-0.15, -0.1) is 0 Å². The fourth-order valence-electron chi connectivity index (χ4n) is 3.82. The first kappa shape index (κ1) is 14.3. The normalized spacial score (nSPS) is 34.0. The van der Waals surface area contributed by atoms with Gasteiger partial charge in [0.1, 0.15) is 0 Å². The topological polar surface area (TPSA) is 49.6 Å². The maximum atomic E-state index is 12.4. The van der Waals surface area contributed by atoms with Crippen molar-refractivity contribution in [2.45, 2.75) is 63.5 Å². The number of likely N-dealkylation sites (tertiary alicyclic amines) is 2. The maximum absolute atomic E-state index is 12.4. The van der Waals surface area contributed by atoms with Gasteiger partial charge in [-0.05, 0) is 57.9 Å². The minimum atomic E-state index is -0.486. The summed E-state index contributed by atoms with van der Waals surface area (Å²) in [5.41, 5.74) is 5.59. The Hall–Kier alpha value is -0.610. The largest absolute Gasteiger partial charge is 0.341 e. The second-order valence-electron chi connectivity index (χ2n) is 7.26. The molecule has 2 heterocycles. The predicted molar refractivity (Wildman–Crippen MR) is 80.3 cm³/mol. The minimum absolute atomic E-state index is 0.217. The Kier molecular flexibility index (Phi) is 4.04. The third-order valence-corrected chi connectivity index (χ3v) is 5.45. The van der Waals surface area contributed by atoms with Crippen LogP contribution in [0.25, 0.3) is 0 Å². The SMILES string of the molecule is CC1CCCCN1CC1CCCN(C(=O)C2(N)CC2)C1. The van der Waals surface area contributed by atoms with Crippen molar-refractivity contribution in [1.29, 1.82) is 0 Å². The number of hydrogen-bond acceptors (Lipinski definition) is 3. The van der Waals surface area contributed by atoms with Crippen LogP contribution in [0, 0.1) is 5.92 Å². The summed E-state index contributed by atoms with van der Waals surface area (Å²) in [4.78, 5) is 17.1. The van der Waals surface area contributed by atoms with E-state index in [0.29, 0.717) is 5.92 Å². The van der Waals surface area contributed by atoms with Crippen LogP contribution in [0.1, 0.15) is 51.9 Å². The average Bonchev–Trinajstić information content (AvgIpc) is 3.20. The molecule has 4 heteroatoms. The number of carbonyl (C=O) groups is 1. The molecule has 0 aromatic rings. The van der Waals surface area contributed by atoms with Crippen LogP contribution in [0.3, 0.4) is 0 Å². The van der Waals surface area contributed by atoms with Crippen LogP contribution in [0.5, 0.6) is 0 Å². The summed E-state index contributed by atoms with van der Waals surface area (Å²) in [6, 6.07) is 0.721. The predicted octanol–water partition coefficient (Wildman–Crippen LogP) is 1.59. The molecule has 1 amide bonds. The van der Waals surface area contributed by atoms with Crippen molar-refractivity contribution < 1.29 is 4.79 Å². The smallest absolute Gasteiger partial charge is 0.242 e. The molecule has 0 radical (unpaired) electrons. The molecule has 3 aliphatic rings. The molecule has 0 bridgehead atoms. The van der Waals surface area contributed by atoms with Crippen molar-refractivity contribution in [3.63, 3.8) is 0 Å². The fourth-order valence-corrected chi connectivity index (χ4v) is 3.82. The van der Waals surface area contributed by atoms with Gasteiger partial charge in [0.2, 0.25) is 5.91 Å². The second-order valence-corrected chi connectivity index (χ2v) is 7.26. The molecule has 3 rings (SSSR count). The third kappa shape index (κ3) is 3.01. The monoisotopic (exact) mass is 279 g/mol. The minimum Gasteiger partial charge on any atom is -0.341 e. The van der Waals surface area contributed by atoms with Gasteiger partial charge < -0.3 is 15.5 Å². The van der Waals surface area contributed by atoms with Crippen LogP contribution in [0.15, 0.2) is 0 Å². The summed E-state index contributed by atoms with van der Waals surface area (Å²) >= 11 is 0. The standard InChI is InChI=1S/C16H29N3O/c1-13-5-2-3-9-18(13)11-14-6-4-10-19(12-14)15(20)16(17)7-8-16/h13-14H,2-12,17H2,1H3. The lowest BCUT2D eigenvalue weighted by molar-refractivity contribution is -0.135. The van der Waals surface area contributed by atoms with Crippen LogP contribution in [0.4, 0.5) is 0 Å². The van der Waals surface area contributed by atoms with E-state index in [9.17, 15) is 4.79 Å². The zero-order valence-corrected chi connectivity index (χ0v) is 12.8. The van der Waals surface area contributed by atoms with E-state index in [-0.39, 0.29) is 5.91 Å². The Morgan fingerprint density at radius 3 is 2.70 bits per heavy atom. The summed E-state index contributed by atoms with van der Waals surface area (Å²) < 4.78 is 0. The van der Waals surface area contributed by atoms with Gasteiger partial charge in [-0.25, -0.2) is 0 Å². The molecule has 0 aromatic carbocycles. The van der Waals surface area contributed by atoms with Crippen LogP contribution in [0.2, 0.25) is 0 Å². The lowest BCUT2D eigenvalue weighted by Gasteiger charge is -2.40. The molecule has 20 heavy (non-hydrogen) atoms. The number of nitrogens with two attached hydrogens (primary N) is 1. The van der Waals surface area contributed by atoms with Crippen LogP contribution in [-0.2, 0) is 4.79 Å². The van der Waals surface area contributed by atoms with E-state index in [1.807, 2.05) is 0 Å². The molecule has 2 aliphatic heterocycles. The second kappa shape index (κ2) is 5.64. The molecule has 2 unspecified atom stereocenters. The first-order chi connectivity index (χ1) is 9.58. The molecule has 114 valence electrons. The lowest BCUT2D eigenvalue weighted by Crippen LogP contribution is -2.51. The number of piperidine rings is 2. The molecular formula is C16H29N3O. The van der Waals surface area contributed by atoms with E-state index in [0.717, 1.165) is 38.4 Å². The molecule has 3 fully saturated rings. The highest BCUT2D eigenvalue weighted by atomic mass is 16.2. The zero-order chi connectivity index (χ0) is 14.2. The number of hydrogen-bond donors (Lipinski definition) is 1. The average molecular weight is 279 g/mol. The maximum Gasteiger partial charge on any atom is 0.242 e. The zero-order valence-electron chi connectivity index (χ0n) is 12.8. The summed E-state index contributed by atoms with van der Waals surface area (Å²) in [6.07, 6.45) is 8.24. The quantitative estimate of drug-likeness (QED) is 0.853. The molecule has 2 N–H and O–H groups in total. The number of amides is 1. The van der Waals surface area contributed by atoms with E-state index in [1.54, 1.807) is 0 Å². The lowest BCUT2D eigenvalue weighted by atomic mass is 9.94. The summed E-state index contributed by atoms with van der Waals surface area (Å²) in [6.45, 7) is 6.61. The van der Waals surface area contributed by atoms with E-state index in [1.165, 1.54) is 38.8 Å². The highest BCUT2D eigenvalue weighted by Crippen LogP contribution is 2.35. The first-order valence-corrected chi connectivity index (χ1v) is 8.41. The molecule has 0 aromatic heterocycles. The van der Waals surface area contributed by atoms with Crippen LogP contribution in [-0.4, -0.2) is 53.5 Å².